The molecule has 1 rings (SSSR count). The van der Waals surface area contributed by atoms with Crippen LogP contribution in [0.25, 0.3) is 0 Å². The maximum absolute atomic E-state index is 13.4. The lowest BCUT2D eigenvalue weighted by Crippen LogP contribution is -2.19. The molecule has 108 valence electrons. The molecule has 8 heteroatoms. The highest BCUT2D eigenvalue weighted by Crippen LogP contribution is 2.24. The minimum Gasteiger partial charge on any atom is -0.320 e. The highest BCUT2D eigenvalue weighted by molar-refractivity contribution is 9.10. The third-order valence-corrected chi connectivity index (χ3v) is 4.33. The maximum Gasteiger partial charge on any atom is 0.232 e. The van der Waals surface area contributed by atoms with Gasteiger partial charge in [0.1, 0.15) is 11.6 Å². The van der Waals surface area contributed by atoms with E-state index in [0.717, 1.165) is 6.07 Å². The molecule has 0 saturated heterocycles. The summed E-state index contributed by atoms with van der Waals surface area (Å²) in [6.45, 7) is 0.714. The van der Waals surface area contributed by atoms with Gasteiger partial charge < -0.3 is 5.32 Å². The summed E-state index contributed by atoms with van der Waals surface area (Å²) in [5, 5.41) is 2.90. The molecule has 2 N–H and O–H groups in total. The van der Waals surface area contributed by atoms with E-state index in [0.29, 0.717) is 25.5 Å². The van der Waals surface area contributed by atoms with Crippen molar-refractivity contribution in [1.82, 2.24) is 5.32 Å². The van der Waals surface area contributed by atoms with Crippen LogP contribution in [-0.4, -0.2) is 27.8 Å². The number of unbranched alkanes of at least 4 members (excludes halogenated alkanes) is 1. The molecule has 0 aliphatic rings. The van der Waals surface area contributed by atoms with Crippen LogP contribution in [0.2, 0.25) is 0 Å². The number of hydrogen-bond donors (Lipinski definition) is 2. The predicted octanol–water partition coefficient (Wildman–Crippen LogP) is 2.47. The highest BCUT2D eigenvalue weighted by Gasteiger charge is 2.15. The van der Waals surface area contributed by atoms with E-state index in [-0.39, 0.29) is 15.9 Å². The lowest BCUT2D eigenvalue weighted by molar-refractivity contribution is 0.578. The fourth-order valence-corrected chi connectivity index (χ4v) is 2.93. The molecule has 0 aliphatic heterocycles. The smallest absolute Gasteiger partial charge is 0.232 e. The SMILES string of the molecule is CNCCCCS(=O)(=O)Nc1cc(Br)c(F)cc1F. The van der Waals surface area contributed by atoms with Crippen LogP contribution in [0.1, 0.15) is 12.8 Å². The third-order valence-electron chi connectivity index (χ3n) is 2.37. The lowest BCUT2D eigenvalue weighted by atomic mass is 10.3. The second kappa shape index (κ2) is 7.16. The van der Waals surface area contributed by atoms with Crippen molar-refractivity contribution < 1.29 is 17.2 Å². The molecule has 0 saturated carbocycles. The molecule has 0 fully saturated rings. The molecular weight excluding hydrogens is 342 g/mol. The van der Waals surface area contributed by atoms with Gasteiger partial charge in [0.15, 0.2) is 0 Å². The van der Waals surface area contributed by atoms with E-state index in [4.69, 9.17) is 0 Å². The topological polar surface area (TPSA) is 58.2 Å². The second-order valence-corrected chi connectivity index (χ2v) is 6.67. The Kier molecular flexibility index (Phi) is 6.15. The first-order valence-corrected chi connectivity index (χ1v) is 8.10. The summed E-state index contributed by atoms with van der Waals surface area (Å²) < 4.78 is 51.9. The zero-order valence-electron chi connectivity index (χ0n) is 10.3. The Labute approximate surface area is 119 Å². The van der Waals surface area contributed by atoms with Gasteiger partial charge in [-0.15, -0.1) is 0 Å². The summed E-state index contributed by atoms with van der Waals surface area (Å²) in [6.07, 6.45) is 1.16. The van der Waals surface area contributed by atoms with Gasteiger partial charge in [-0.3, -0.25) is 4.72 Å². The fourth-order valence-electron chi connectivity index (χ4n) is 1.41. The highest BCUT2D eigenvalue weighted by atomic mass is 79.9. The van der Waals surface area contributed by atoms with Gasteiger partial charge in [0.2, 0.25) is 10.0 Å². The summed E-state index contributed by atoms with van der Waals surface area (Å²) in [5.41, 5.74) is -0.262. The van der Waals surface area contributed by atoms with Crippen molar-refractivity contribution in [3.8, 4) is 0 Å². The summed E-state index contributed by atoms with van der Waals surface area (Å²) in [6, 6.07) is 1.69. The van der Waals surface area contributed by atoms with Gasteiger partial charge in [-0.25, -0.2) is 17.2 Å². The molecule has 0 bridgehead atoms. The van der Waals surface area contributed by atoms with Crippen LogP contribution in [0.3, 0.4) is 0 Å². The zero-order valence-corrected chi connectivity index (χ0v) is 12.7. The first-order valence-electron chi connectivity index (χ1n) is 5.65. The number of anilines is 1. The molecule has 0 unspecified atom stereocenters. The van der Waals surface area contributed by atoms with E-state index in [1.807, 2.05) is 0 Å². The molecule has 0 spiro atoms. The van der Waals surface area contributed by atoms with Crippen LogP contribution in [0.5, 0.6) is 0 Å². The van der Waals surface area contributed by atoms with Gasteiger partial charge in [0.05, 0.1) is 15.9 Å². The van der Waals surface area contributed by atoms with Crippen LogP contribution in [0.4, 0.5) is 14.5 Å². The van der Waals surface area contributed by atoms with Crippen LogP contribution < -0.4 is 10.0 Å². The average Bonchev–Trinajstić information content (AvgIpc) is 2.31. The van der Waals surface area contributed by atoms with E-state index in [1.165, 1.54) is 0 Å². The Hall–Kier alpha value is -0.730. The predicted molar refractivity (Wildman–Crippen MR) is 74.6 cm³/mol. The van der Waals surface area contributed by atoms with Crippen molar-refractivity contribution in [1.29, 1.82) is 0 Å². The van der Waals surface area contributed by atoms with Crippen LogP contribution >= 0.6 is 15.9 Å². The molecule has 0 amide bonds. The molecule has 0 aromatic heterocycles. The number of rotatable bonds is 7. The molecule has 0 atom stereocenters. The van der Waals surface area contributed by atoms with E-state index in [9.17, 15) is 17.2 Å². The number of halogens is 3. The van der Waals surface area contributed by atoms with Gasteiger partial charge in [-0.2, -0.15) is 0 Å². The zero-order chi connectivity index (χ0) is 14.5. The normalized spacial score (nSPS) is 11.6. The quantitative estimate of drug-likeness (QED) is 0.582. The Morgan fingerprint density at radius 3 is 2.53 bits per heavy atom. The van der Waals surface area contributed by atoms with E-state index in [2.05, 4.69) is 26.0 Å². The first-order chi connectivity index (χ1) is 8.85. The standard InChI is InChI=1S/C11H15BrF2N2O2S/c1-15-4-2-3-5-19(17,18)16-11-6-8(12)9(13)7-10(11)14/h6-7,15-16H,2-5H2,1H3. The second-order valence-electron chi connectivity index (χ2n) is 3.98. The Bertz CT molecular complexity index is 538. The molecule has 1 aromatic carbocycles. The lowest BCUT2D eigenvalue weighted by Gasteiger charge is -2.09. The van der Waals surface area contributed by atoms with Gasteiger partial charge in [-0.05, 0) is 48.4 Å². The van der Waals surface area contributed by atoms with E-state index >= 15 is 0 Å². The van der Waals surface area contributed by atoms with Gasteiger partial charge in [0, 0.05) is 6.07 Å². The minimum atomic E-state index is -3.63. The van der Waals surface area contributed by atoms with Crippen molar-refractivity contribution in [3.63, 3.8) is 0 Å². The molecule has 4 nitrogen and oxygen atoms in total. The molecular formula is C11H15BrF2N2O2S. The minimum absolute atomic E-state index is 0.00165. The number of benzene rings is 1. The van der Waals surface area contributed by atoms with Crippen LogP contribution in [0.15, 0.2) is 16.6 Å². The third kappa shape index (κ3) is 5.42. The molecule has 1 aromatic rings. The van der Waals surface area contributed by atoms with Crippen molar-refractivity contribution in [3.05, 3.63) is 28.2 Å². The van der Waals surface area contributed by atoms with Crippen molar-refractivity contribution in [2.75, 3.05) is 24.1 Å². The Morgan fingerprint density at radius 2 is 1.89 bits per heavy atom. The summed E-state index contributed by atoms with van der Waals surface area (Å²) >= 11 is 2.88. The van der Waals surface area contributed by atoms with Gasteiger partial charge in [-0.1, -0.05) is 0 Å². The van der Waals surface area contributed by atoms with E-state index in [1.54, 1.807) is 7.05 Å². The largest absolute Gasteiger partial charge is 0.320 e. The average molecular weight is 357 g/mol. The number of hydrogen-bond acceptors (Lipinski definition) is 3. The van der Waals surface area contributed by atoms with Crippen molar-refractivity contribution in [2.24, 2.45) is 0 Å². The maximum atomic E-state index is 13.4. The van der Waals surface area contributed by atoms with Crippen molar-refractivity contribution in [2.45, 2.75) is 12.8 Å². The van der Waals surface area contributed by atoms with E-state index < -0.39 is 21.7 Å². The Morgan fingerprint density at radius 1 is 1.21 bits per heavy atom. The fraction of sp³-hybridized carbons (Fsp3) is 0.455. The van der Waals surface area contributed by atoms with Crippen molar-refractivity contribution >= 4 is 31.6 Å². The monoisotopic (exact) mass is 356 g/mol. The molecule has 0 aliphatic carbocycles. The number of sulfonamides is 1. The van der Waals surface area contributed by atoms with Crippen LogP contribution in [0, 0.1) is 11.6 Å². The first kappa shape index (κ1) is 16.3. The summed E-state index contributed by atoms with van der Waals surface area (Å²) in [7, 11) is -1.85. The van der Waals surface area contributed by atoms with Gasteiger partial charge in [0.25, 0.3) is 0 Å². The summed E-state index contributed by atoms with van der Waals surface area (Å²) in [5.74, 6) is -1.84. The molecule has 0 radical (unpaired) electrons. The van der Waals surface area contributed by atoms with Crippen LogP contribution in [-0.2, 0) is 10.0 Å². The van der Waals surface area contributed by atoms with Gasteiger partial charge >= 0.3 is 0 Å². The Balaban J connectivity index is 2.70. The molecule has 0 heterocycles. The summed E-state index contributed by atoms with van der Waals surface area (Å²) in [4.78, 5) is 0. The number of nitrogens with one attached hydrogen (secondary N) is 2. The molecule has 19 heavy (non-hydrogen) atoms.